The Labute approximate surface area is 135 Å². The molecule has 0 saturated heterocycles. The number of hydrogen-bond donors (Lipinski definition) is 2. The number of nitrogens with one attached hydrogen (secondary N) is 2. The SMILES string of the molecule is C=CCNC(=O)C(C)Oc1ccc(CNC(C)C)cc1Br. The van der Waals surface area contributed by atoms with Crippen LogP contribution in [-0.2, 0) is 11.3 Å². The van der Waals surface area contributed by atoms with Gasteiger partial charge in [-0.05, 0) is 40.5 Å². The summed E-state index contributed by atoms with van der Waals surface area (Å²) in [5.41, 5.74) is 1.16. The van der Waals surface area contributed by atoms with Crippen LogP contribution in [0.2, 0.25) is 0 Å². The van der Waals surface area contributed by atoms with Crippen molar-refractivity contribution in [1.82, 2.24) is 10.6 Å². The quantitative estimate of drug-likeness (QED) is 0.705. The topological polar surface area (TPSA) is 50.4 Å². The molecular weight excluding hydrogens is 332 g/mol. The van der Waals surface area contributed by atoms with Crippen LogP contribution < -0.4 is 15.4 Å². The van der Waals surface area contributed by atoms with Crippen LogP contribution in [0.1, 0.15) is 26.3 Å². The number of ether oxygens (including phenoxy) is 1. The Morgan fingerprint density at radius 1 is 1.43 bits per heavy atom. The van der Waals surface area contributed by atoms with Gasteiger partial charge in [-0.2, -0.15) is 0 Å². The Balaban J connectivity index is 2.63. The first-order chi connectivity index (χ1) is 9.93. The van der Waals surface area contributed by atoms with Gasteiger partial charge in [-0.1, -0.05) is 26.0 Å². The van der Waals surface area contributed by atoms with E-state index in [-0.39, 0.29) is 5.91 Å². The maximum Gasteiger partial charge on any atom is 0.261 e. The summed E-state index contributed by atoms with van der Waals surface area (Å²) < 4.78 is 6.51. The first kappa shape index (κ1) is 17.7. The maximum atomic E-state index is 11.8. The molecule has 1 aromatic carbocycles. The third-order valence-corrected chi connectivity index (χ3v) is 3.42. The fraction of sp³-hybridized carbons (Fsp3) is 0.438. The normalized spacial score (nSPS) is 12.0. The Bertz CT molecular complexity index is 489. The number of halogens is 1. The van der Waals surface area contributed by atoms with Gasteiger partial charge in [0.1, 0.15) is 5.75 Å². The molecule has 1 amide bonds. The van der Waals surface area contributed by atoms with Crippen molar-refractivity contribution in [1.29, 1.82) is 0 Å². The highest BCUT2D eigenvalue weighted by Crippen LogP contribution is 2.27. The van der Waals surface area contributed by atoms with Gasteiger partial charge in [-0.3, -0.25) is 4.79 Å². The van der Waals surface area contributed by atoms with Crippen LogP contribution in [0.3, 0.4) is 0 Å². The van der Waals surface area contributed by atoms with Crippen molar-refractivity contribution in [2.45, 2.75) is 39.5 Å². The van der Waals surface area contributed by atoms with Gasteiger partial charge in [0.05, 0.1) is 4.47 Å². The first-order valence-electron chi connectivity index (χ1n) is 7.01. The van der Waals surface area contributed by atoms with Crippen LogP contribution >= 0.6 is 15.9 Å². The summed E-state index contributed by atoms with van der Waals surface area (Å²) in [6, 6.07) is 6.30. The molecule has 0 aromatic heterocycles. The number of hydrogen-bond acceptors (Lipinski definition) is 3. The van der Waals surface area contributed by atoms with Crippen molar-refractivity contribution in [3.63, 3.8) is 0 Å². The molecule has 116 valence electrons. The second kappa shape index (κ2) is 8.85. The average molecular weight is 355 g/mol. The third-order valence-electron chi connectivity index (χ3n) is 2.80. The lowest BCUT2D eigenvalue weighted by Gasteiger charge is -2.16. The molecule has 0 spiro atoms. The zero-order chi connectivity index (χ0) is 15.8. The van der Waals surface area contributed by atoms with E-state index in [1.807, 2.05) is 18.2 Å². The smallest absolute Gasteiger partial charge is 0.261 e. The van der Waals surface area contributed by atoms with E-state index in [1.165, 1.54) is 0 Å². The van der Waals surface area contributed by atoms with E-state index in [0.717, 1.165) is 16.6 Å². The van der Waals surface area contributed by atoms with Gasteiger partial charge in [0, 0.05) is 19.1 Å². The Hall–Kier alpha value is -1.33. The van der Waals surface area contributed by atoms with Crippen molar-refractivity contribution in [2.75, 3.05) is 6.54 Å². The number of benzene rings is 1. The monoisotopic (exact) mass is 354 g/mol. The second-order valence-corrected chi connectivity index (χ2v) is 5.95. The lowest BCUT2D eigenvalue weighted by atomic mass is 10.2. The average Bonchev–Trinajstić information content (AvgIpc) is 2.44. The lowest BCUT2D eigenvalue weighted by molar-refractivity contribution is -0.127. The highest BCUT2D eigenvalue weighted by molar-refractivity contribution is 9.10. The zero-order valence-corrected chi connectivity index (χ0v) is 14.4. The molecule has 5 heteroatoms. The molecule has 0 saturated carbocycles. The Morgan fingerprint density at radius 3 is 2.71 bits per heavy atom. The molecule has 0 aliphatic rings. The fourth-order valence-corrected chi connectivity index (χ4v) is 2.15. The molecule has 1 unspecified atom stereocenters. The minimum atomic E-state index is -0.555. The number of rotatable bonds is 8. The minimum Gasteiger partial charge on any atom is -0.480 e. The molecule has 0 radical (unpaired) electrons. The molecular formula is C16H23BrN2O2. The van der Waals surface area contributed by atoms with Crippen molar-refractivity contribution >= 4 is 21.8 Å². The molecule has 1 aromatic rings. The van der Waals surface area contributed by atoms with Gasteiger partial charge in [-0.25, -0.2) is 0 Å². The van der Waals surface area contributed by atoms with E-state index in [4.69, 9.17) is 4.74 Å². The summed E-state index contributed by atoms with van der Waals surface area (Å²) in [4.78, 5) is 11.8. The van der Waals surface area contributed by atoms with Crippen molar-refractivity contribution in [2.24, 2.45) is 0 Å². The number of amides is 1. The van der Waals surface area contributed by atoms with Gasteiger partial charge in [0.2, 0.25) is 0 Å². The summed E-state index contributed by atoms with van der Waals surface area (Å²) in [5.74, 6) is 0.497. The van der Waals surface area contributed by atoms with Crippen molar-refractivity contribution in [3.8, 4) is 5.75 Å². The summed E-state index contributed by atoms with van der Waals surface area (Å²) in [7, 11) is 0. The van der Waals surface area contributed by atoms with Gasteiger partial charge < -0.3 is 15.4 Å². The largest absolute Gasteiger partial charge is 0.480 e. The molecule has 0 aliphatic heterocycles. The molecule has 1 rings (SSSR count). The molecule has 21 heavy (non-hydrogen) atoms. The Morgan fingerprint density at radius 2 is 2.14 bits per heavy atom. The standard InChI is InChI=1S/C16H23BrN2O2/c1-5-8-18-16(20)12(4)21-15-7-6-13(9-14(15)17)10-19-11(2)3/h5-7,9,11-12,19H,1,8,10H2,2-4H3,(H,18,20). The summed E-state index contributed by atoms with van der Waals surface area (Å²) in [5, 5.41) is 6.06. The van der Waals surface area contributed by atoms with Gasteiger partial charge in [-0.15, -0.1) is 6.58 Å². The molecule has 0 heterocycles. The lowest BCUT2D eigenvalue weighted by Crippen LogP contribution is -2.36. The summed E-state index contributed by atoms with van der Waals surface area (Å²) >= 11 is 3.48. The van der Waals surface area contributed by atoms with Gasteiger partial charge in [0.15, 0.2) is 6.10 Å². The predicted octanol–water partition coefficient (Wildman–Crippen LogP) is 3.02. The molecule has 0 aliphatic carbocycles. The van der Waals surface area contributed by atoms with Crippen LogP contribution in [-0.4, -0.2) is 24.6 Å². The molecule has 0 bridgehead atoms. The zero-order valence-electron chi connectivity index (χ0n) is 12.8. The minimum absolute atomic E-state index is 0.160. The van der Waals surface area contributed by atoms with Crippen LogP contribution in [0.25, 0.3) is 0 Å². The number of carbonyl (C=O) groups excluding carboxylic acids is 1. The van der Waals surface area contributed by atoms with E-state index in [9.17, 15) is 4.79 Å². The van der Waals surface area contributed by atoms with Gasteiger partial charge >= 0.3 is 0 Å². The highest BCUT2D eigenvalue weighted by atomic mass is 79.9. The molecule has 1 atom stereocenters. The van der Waals surface area contributed by atoms with E-state index in [2.05, 4.69) is 47.0 Å². The molecule has 2 N–H and O–H groups in total. The molecule has 0 fully saturated rings. The van der Waals surface area contributed by atoms with E-state index < -0.39 is 6.10 Å². The van der Waals surface area contributed by atoms with Crippen LogP contribution in [0.15, 0.2) is 35.3 Å². The van der Waals surface area contributed by atoms with Crippen LogP contribution in [0, 0.1) is 0 Å². The predicted molar refractivity (Wildman–Crippen MR) is 89.4 cm³/mol. The fourth-order valence-electron chi connectivity index (χ4n) is 1.63. The maximum absolute atomic E-state index is 11.8. The van der Waals surface area contributed by atoms with E-state index in [1.54, 1.807) is 13.0 Å². The van der Waals surface area contributed by atoms with E-state index in [0.29, 0.717) is 18.3 Å². The van der Waals surface area contributed by atoms with Crippen molar-refractivity contribution < 1.29 is 9.53 Å². The van der Waals surface area contributed by atoms with Crippen LogP contribution in [0.5, 0.6) is 5.75 Å². The van der Waals surface area contributed by atoms with Crippen molar-refractivity contribution in [3.05, 3.63) is 40.9 Å². The molecule has 4 nitrogen and oxygen atoms in total. The third kappa shape index (κ3) is 6.31. The number of carbonyl (C=O) groups is 1. The summed E-state index contributed by atoms with van der Waals surface area (Å²) in [6.45, 7) is 10.7. The van der Waals surface area contributed by atoms with Gasteiger partial charge in [0.25, 0.3) is 5.91 Å². The first-order valence-corrected chi connectivity index (χ1v) is 7.80. The summed E-state index contributed by atoms with van der Waals surface area (Å²) in [6.07, 6.45) is 1.08. The highest BCUT2D eigenvalue weighted by Gasteiger charge is 2.15. The second-order valence-electron chi connectivity index (χ2n) is 5.09. The van der Waals surface area contributed by atoms with E-state index >= 15 is 0 Å². The van der Waals surface area contributed by atoms with Crippen LogP contribution in [0.4, 0.5) is 0 Å². The Kier molecular flexibility index (Phi) is 7.47.